The van der Waals surface area contributed by atoms with Gasteiger partial charge in [0, 0.05) is 11.8 Å². The first-order chi connectivity index (χ1) is 8.95. The molecular weight excluding hydrogens is 235 g/mol. The van der Waals surface area contributed by atoms with E-state index in [-0.39, 0.29) is 0 Å². The molecule has 0 amide bonds. The zero-order chi connectivity index (χ0) is 12.2. The molecule has 0 nitrogen and oxygen atoms in total. The zero-order valence-electron chi connectivity index (χ0n) is 9.72. The Balaban J connectivity index is 2.23. The van der Waals surface area contributed by atoms with E-state index in [1.807, 2.05) is 12.1 Å². The minimum absolute atomic E-state index is 0.583. The minimum Gasteiger partial charge on any atom is -0.0619 e. The first-order valence-electron chi connectivity index (χ1n) is 5.74. The Morgan fingerprint density at radius 2 is 1.06 bits per heavy atom. The van der Waals surface area contributed by atoms with E-state index in [4.69, 9.17) is 0 Å². The Bertz CT molecular complexity index is 654. The molecular formula is C17H10P+. The summed E-state index contributed by atoms with van der Waals surface area (Å²) >= 11 is 0. The Labute approximate surface area is 108 Å². The van der Waals surface area contributed by atoms with E-state index in [1.54, 1.807) is 0 Å². The second-order valence-electron chi connectivity index (χ2n) is 3.86. The highest BCUT2D eigenvalue weighted by atomic mass is 31.1. The summed E-state index contributed by atoms with van der Waals surface area (Å²) in [5.41, 5.74) is 0. The van der Waals surface area contributed by atoms with Crippen LogP contribution in [0.25, 0.3) is 0 Å². The molecule has 0 atom stereocenters. The van der Waals surface area contributed by atoms with Gasteiger partial charge in [0.1, 0.15) is 0 Å². The molecule has 0 aliphatic heterocycles. The maximum absolute atomic E-state index is 3.13. The van der Waals surface area contributed by atoms with Crippen molar-refractivity contribution < 1.29 is 0 Å². The fraction of sp³-hybridized carbons (Fsp3) is 0. The molecule has 3 rings (SSSR count). The molecule has 1 heteroatoms. The third kappa shape index (κ3) is 2.08. The third-order valence-electron chi connectivity index (χ3n) is 2.68. The van der Waals surface area contributed by atoms with Crippen molar-refractivity contribution in [3.8, 4) is 23.7 Å². The van der Waals surface area contributed by atoms with Crippen LogP contribution >= 0.6 is 7.55 Å². The van der Waals surface area contributed by atoms with Crippen LogP contribution in [0.4, 0.5) is 0 Å². The van der Waals surface area contributed by atoms with Crippen molar-refractivity contribution in [3.63, 3.8) is 0 Å². The number of benzene rings is 2. The van der Waals surface area contributed by atoms with Gasteiger partial charge < -0.3 is 0 Å². The van der Waals surface area contributed by atoms with Gasteiger partial charge in [0.05, 0.1) is 0 Å². The van der Waals surface area contributed by atoms with E-state index >= 15 is 0 Å². The Morgan fingerprint density at radius 3 is 1.50 bits per heavy atom. The van der Waals surface area contributed by atoms with Gasteiger partial charge in [-0.2, -0.15) is 0 Å². The van der Waals surface area contributed by atoms with Crippen molar-refractivity contribution in [2.45, 2.75) is 0 Å². The molecule has 0 spiro atoms. The predicted octanol–water partition coefficient (Wildman–Crippen LogP) is 2.31. The molecule has 1 aliphatic rings. The molecule has 0 heterocycles. The fourth-order valence-electron chi connectivity index (χ4n) is 1.89. The van der Waals surface area contributed by atoms with E-state index in [9.17, 15) is 0 Å². The summed E-state index contributed by atoms with van der Waals surface area (Å²) < 4.78 is 0. The lowest BCUT2D eigenvalue weighted by molar-refractivity contribution is 1.76. The Morgan fingerprint density at radius 1 is 0.611 bits per heavy atom. The molecule has 0 saturated carbocycles. The number of rotatable bonds is 2. The lowest BCUT2D eigenvalue weighted by Crippen LogP contribution is -2.10. The van der Waals surface area contributed by atoms with Gasteiger partial charge in [-0.1, -0.05) is 36.4 Å². The minimum atomic E-state index is -0.583. The van der Waals surface area contributed by atoms with Gasteiger partial charge in [0.15, 0.2) is 18.2 Å². The quantitative estimate of drug-likeness (QED) is 0.562. The Kier molecular flexibility index (Phi) is 2.97. The smallest absolute Gasteiger partial charge is 0.0619 e. The van der Waals surface area contributed by atoms with Gasteiger partial charge in [-0.3, -0.25) is 0 Å². The summed E-state index contributed by atoms with van der Waals surface area (Å²) in [6.07, 6.45) is 0. The Hall–Kier alpha value is -2.27. The van der Waals surface area contributed by atoms with Crippen molar-refractivity contribution >= 4 is 23.4 Å². The third-order valence-corrected chi connectivity index (χ3v) is 4.98. The lowest BCUT2D eigenvalue weighted by Gasteiger charge is -1.96. The van der Waals surface area contributed by atoms with Crippen molar-refractivity contribution in [2.24, 2.45) is 0 Å². The van der Waals surface area contributed by atoms with Gasteiger partial charge in [0.2, 0.25) is 0 Å². The van der Waals surface area contributed by atoms with E-state index in [1.165, 1.54) is 10.6 Å². The summed E-state index contributed by atoms with van der Waals surface area (Å²) in [6.45, 7) is 0. The van der Waals surface area contributed by atoms with Crippen LogP contribution in [0.2, 0.25) is 0 Å². The molecule has 1 aliphatic carbocycles. The summed E-state index contributed by atoms with van der Waals surface area (Å²) in [5.74, 6) is 12.0. The van der Waals surface area contributed by atoms with Gasteiger partial charge in [-0.25, -0.2) is 0 Å². The van der Waals surface area contributed by atoms with Gasteiger partial charge >= 0.3 is 0 Å². The van der Waals surface area contributed by atoms with Crippen LogP contribution < -0.4 is 10.6 Å². The second kappa shape index (κ2) is 4.93. The normalized spacial score (nSPS) is 11.2. The van der Waals surface area contributed by atoms with Crippen molar-refractivity contribution in [3.05, 3.63) is 60.7 Å². The molecule has 0 N–H and O–H groups in total. The van der Waals surface area contributed by atoms with E-state index in [0.717, 1.165) is 5.29 Å². The maximum Gasteiger partial charge on any atom is 0.256 e. The molecule has 0 bridgehead atoms. The van der Waals surface area contributed by atoms with Crippen molar-refractivity contribution in [1.29, 1.82) is 0 Å². The highest BCUT2D eigenvalue weighted by molar-refractivity contribution is 7.74. The molecule has 0 unspecified atom stereocenters. The standard InChI is InChI=1S/C17H10P/c1-3-9-15(10-4-1)18(17-13-7-8-14-17)16-11-5-2-6-12-16/h1-6,9-12H/q+1. The highest BCUT2D eigenvalue weighted by Crippen LogP contribution is 2.24. The predicted molar refractivity (Wildman–Crippen MR) is 79.6 cm³/mol. The molecule has 82 valence electrons. The highest BCUT2D eigenvalue weighted by Gasteiger charge is 2.23. The van der Waals surface area contributed by atoms with Crippen LogP contribution in [-0.2, 0) is 0 Å². The van der Waals surface area contributed by atoms with E-state index in [2.05, 4.69) is 72.2 Å². The van der Waals surface area contributed by atoms with Crippen LogP contribution in [0.1, 0.15) is 0 Å². The summed E-state index contributed by atoms with van der Waals surface area (Å²) in [7, 11) is -0.583. The van der Waals surface area contributed by atoms with Crippen molar-refractivity contribution in [2.75, 3.05) is 0 Å². The average molecular weight is 245 g/mol. The average Bonchev–Trinajstić information content (AvgIpc) is 2.95. The fourth-order valence-corrected chi connectivity index (χ4v) is 3.98. The van der Waals surface area contributed by atoms with Gasteiger partial charge in [0.25, 0.3) is 5.29 Å². The summed E-state index contributed by atoms with van der Waals surface area (Å²) in [4.78, 5) is 0. The number of hydrogen-bond acceptors (Lipinski definition) is 0. The first kappa shape index (κ1) is 10.9. The zero-order valence-corrected chi connectivity index (χ0v) is 10.6. The number of hydrogen-bond donors (Lipinski definition) is 0. The molecule has 2 aromatic carbocycles. The van der Waals surface area contributed by atoms with Gasteiger partial charge in [-0.05, 0) is 36.1 Å². The molecule has 0 aromatic heterocycles. The molecule has 0 radical (unpaired) electrons. The summed E-state index contributed by atoms with van der Waals surface area (Å²) in [5, 5.41) is 3.67. The lowest BCUT2D eigenvalue weighted by atomic mass is 10.4. The van der Waals surface area contributed by atoms with Crippen LogP contribution in [0, 0.1) is 23.7 Å². The monoisotopic (exact) mass is 245 g/mol. The van der Waals surface area contributed by atoms with Crippen molar-refractivity contribution in [1.82, 2.24) is 0 Å². The van der Waals surface area contributed by atoms with Crippen LogP contribution in [-0.4, -0.2) is 5.29 Å². The first-order valence-corrected chi connectivity index (χ1v) is 7.08. The summed E-state index contributed by atoms with van der Waals surface area (Å²) in [6, 6.07) is 21.0. The topological polar surface area (TPSA) is 0 Å². The molecule has 18 heavy (non-hydrogen) atoms. The largest absolute Gasteiger partial charge is 0.256 e. The molecule has 0 fully saturated rings. The van der Waals surface area contributed by atoms with E-state index < -0.39 is 7.55 Å². The van der Waals surface area contributed by atoms with Gasteiger partial charge in [-0.15, -0.1) is 0 Å². The SMILES string of the molecule is C1#CC(=[P+](c2ccccc2)c2ccccc2)C#C1. The van der Waals surface area contributed by atoms with Crippen LogP contribution in [0.5, 0.6) is 0 Å². The maximum atomic E-state index is 3.13. The molecule has 0 saturated heterocycles. The van der Waals surface area contributed by atoms with E-state index in [0.29, 0.717) is 0 Å². The van der Waals surface area contributed by atoms with Crippen LogP contribution in [0.15, 0.2) is 60.7 Å². The molecule has 2 aromatic rings. The second-order valence-corrected chi connectivity index (χ2v) is 6.01. The van der Waals surface area contributed by atoms with Crippen LogP contribution in [0.3, 0.4) is 0 Å².